The van der Waals surface area contributed by atoms with Crippen molar-refractivity contribution in [2.45, 2.75) is 0 Å². The third-order valence-corrected chi connectivity index (χ3v) is 1.96. The van der Waals surface area contributed by atoms with Crippen LogP contribution in [-0.2, 0) is 0 Å². The molecule has 1 aromatic heterocycles. The molecule has 0 atom stereocenters. The Labute approximate surface area is 122 Å². The van der Waals surface area contributed by atoms with Crippen molar-refractivity contribution in [2.75, 3.05) is 0 Å². The van der Waals surface area contributed by atoms with Crippen LogP contribution in [0, 0.1) is 0 Å². The second-order valence-corrected chi connectivity index (χ2v) is 3.50. The van der Waals surface area contributed by atoms with E-state index in [0.717, 1.165) is 0 Å². The summed E-state index contributed by atoms with van der Waals surface area (Å²) in [6, 6.07) is 15.9. The van der Waals surface area contributed by atoms with Gasteiger partial charge >= 0.3 is 0 Å². The normalized spacial score (nSPS) is 8.40. The summed E-state index contributed by atoms with van der Waals surface area (Å²) in [5.41, 5.74) is 1.21. The smallest absolute Gasteiger partial charge is 0.0267 e. The summed E-state index contributed by atoms with van der Waals surface area (Å²) in [7, 11) is 0. The van der Waals surface area contributed by atoms with Crippen LogP contribution in [0.25, 0.3) is 6.08 Å². The number of pyridine rings is 1. The van der Waals surface area contributed by atoms with E-state index < -0.39 is 0 Å². The quantitative estimate of drug-likeness (QED) is 0.682. The number of benzene rings is 1. The zero-order valence-corrected chi connectivity index (χ0v) is 11.7. The van der Waals surface area contributed by atoms with Gasteiger partial charge in [0.2, 0.25) is 0 Å². The third-order valence-electron chi connectivity index (χ3n) is 1.96. The first kappa shape index (κ1) is 17.3. The maximum Gasteiger partial charge on any atom is 0.0267 e. The van der Waals surface area contributed by atoms with Gasteiger partial charge in [0, 0.05) is 12.4 Å². The SMILES string of the molecule is C=CC=C.C=CC=Cc1ccccc1.c1ccncc1. The molecule has 2 rings (SSSR count). The monoisotopic (exact) mass is 263 g/mol. The van der Waals surface area contributed by atoms with Gasteiger partial charge in [-0.2, -0.15) is 0 Å². The van der Waals surface area contributed by atoms with E-state index in [2.05, 4.69) is 36.9 Å². The molecule has 2 aromatic rings. The van der Waals surface area contributed by atoms with Gasteiger partial charge in [-0.3, -0.25) is 4.98 Å². The van der Waals surface area contributed by atoms with Crippen molar-refractivity contribution in [1.82, 2.24) is 4.98 Å². The van der Waals surface area contributed by atoms with Crippen molar-refractivity contribution < 1.29 is 0 Å². The zero-order valence-electron chi connectivity index (χ0n) is 11.7. The second kappa shape index (κ2) is 14.4. The minimum absolute atomic E-state index is 1.21. The van der Waals surface area contributed by atoms with Crippen molar-refractivity contribution >= 4 is 6.08 Å². The summed E-state index contributed by atoms with van der Waals surface area (Å²) in [5.74, 6) is 0. The molecule has 20 heavy (non-hydrogen) atoms. The van der Waals surface area contributed by atoms with Crippen molar-refractivity contribution in [3.8, 4) is 0 Å². The lowest BCUT2D eigenvalue weighted by Gasteiger charge is -1.87. The molecule has 0 saturated heterocycles. The van der Waals surface area contributed by atoms with Crippen LogP contribution in [0.3, 0.4) is 0 Å². The highest BCUT2D eigenvalue weighted by molar-refractivity contribution is 5.50. The van der Waals surface area contributed by atoms with Crippen LogP contribution in [0.1, 0.15) is 5.56 Å². The molecule has 0 aliphatic rings. The van der Waals surface area contributed by atoms with E-state index in [4.69, 9.17) is 0 Å². The average molecular weight is 263 g/mol. The van der Waals surface area contributed by atoms with E-state index in [1.54, 1.807) is 30.6 Å². The molecule has 0 unspecified atom stereocenters. The lowest BCUT2D eigenvalue weighted by Crippen LogP contribution is -1.65. The molecule has 0 radical (unpaired) electrons. The van der Waals surface area contributed by atoms with Gasteiger partial charge in [0.15, 0.2) is 0 Å². The number of nitrogens with zero attached hydrogens (tertiary/aromatic N) is 1. The average Bonchev–Trinajstić information content (AvgIpc) is 2.56. The largest absolute Gasteiger partial charge is 0.265 e. The summed E-state index contributed by atoms with van der Waals surface area (Å²) in [6.07, 6.45) is 12.5. The van der Waals surface area contributed by atoms with Gasteiger partial charge in [-0.15, -0.1) is 0 Å². The molecule has 1 nitrogen and oxygen atoms in total. The number of aromatic nitrogens is 1. The van der Waals surface area contributed by atoms with E-state index in [-0.39, 0.29) is 0 Å². The molecule has 1 heteroatoms. The number of hydrogen-bond acceptors (Lipinski definition) is 1. The molecule has 0 aliphatic heterocycles. The Morgan fingerprint density at radius 2 is 1.25 bits per heavy atom. The van der Waals surface area contributed by atoms with Gasteiger partial charge in [-0.25, -0.2) is 0 Å². The lowest BCUT2D eigenvalue weighted by molar-refractivity contribution is 1.33. The van der Waals surface area contributed by atoms with E-state index in [9.17, 15) is 0 Å². The Balaban J connectivity index is 0.000000307. The van der Waals surface area contributed by atoms with Crippen molar-refractivity contribution in [1.29, 1.82) is 0 Å². The Hall–Kier alpha value is -2.67. The molecule has 0 fully saturated rings. The molecule has 0 amide bonds. The van der Waals surface area contributed by atoms with Crippen molar-refractivity contribution in [3.05, 3.63) is 111 Å². The molecular weight excluding hydrogens is 242 g/mol. The van der Waals surface area contributed by atoms with Crippen LogP contribution in [0.2, 0.25) is 0 Å². The summed E-state index contributed by atoms with van der Waals surface area (Å²) >= 11 is 0. The Morgan fingerprint density at radius 1 is 0.700 bits per heavy atom. The maximum absolute atomic E-state index is 3.78. The van der Waals surface area contributed by atoms with Crippen LogP contribution >= 0.6 is 0 Å². The maximum atomic E-state index is 3.78. The van der Waals surface area contributed by atoms with Crippen LogP contribution in [0.5, 0.6) is 0 Å². The van der Waals surface area contributed by atoms with E-state index in [1.807, 2.05) is 48.6 Å². The highest BCUT2D eigenvalue weighted by Crippen LogP contribution is 1.99. The van der Waals surface area contributed by atoms with Crippen LogP contribution in [0.4, 0.5) is 0 Å². The first-order valence-electron chi connectivity index (χ1n) is 6.27. The standard InChI is InChI=1S/C10H10.C5H5N.C4H6/c1-2-3-7-10-8-5-4-6-9-10;1-2-4-6-5-3-1;1-3-4-2/h2-9H,1H2;1-5H;3-4H,1-2H2. The van der Waals surface area contributed by atoms with Crippen molar-refractivity contribution in [3.63, 3.8) is 0 Å². The Bertz CT molecular complexity index is 451. The first-order chi connectivity index (χ1) is 9.85. The fraction of sp³-hybridized carbons (Fsp3) is 0. The van der Waals surface area contributed by atoms with Crippen LogP contribution in [0.15, 0.2) is 105 Å². The molecule has 1 aromatic carbocycles. The molecule has 0 saturated carbocycles. The molecule has 102 valence electrons. The summed E-state index contributed by atoms with van der Waals surface area (Å²) < 4.78 is 0. The van der Waals surface area contributed by atoms with Crippen LogP contribution < -0.4 is 0 Å². The second-order valence-electron chi connectivity index (χ2n) is 3.50. The highest BCUT2D eigenvalue weighted by atomic mass is 14.6. The minimum atomic E-state index is 1.21. The first-order valence-corrected chi connectivity index (χ1v) is 6.27. The number of rotatable bonds is 3. The minimum Gasteiger partial charge on any atom is -0.265 e. The Morgan fingerprint density at radius 3 is 1.60 bits per heavy atom. The van der Waals surface area contributed by atoms with Gasteiger partial charge in [0.05, 0.1) is 0 Å². The van der Waals surface area contributed by atoms with E-state index in [0.29, 0.717) is 0 Å². The summed E-state index contributed by atoms with van der Waals surface area (Å²) in [6.45, 7) is 10.3. The molecule has 0 bridgehead atoms. The molecular formula is C19H21N. The fourth-order valence-corrected chi connectivity index (χ4v) is 1.06. The van der Waals surface area contributed by atoms with Gasteiger partial charge in [0.25, 0.3) is 0 Å². The number of allylic oxidation sites excluding steroid dienone is 4. The molecule has 0 spiro atoms. The topological polar surface area (TPSA) is 12.9 Å². The van der Waals surface area contributed by atoms with E-state index >= 15 is 0 Å². The van der Waals surface area contributed by atoms with Gasteiger partial charge < -0.3 is 0 Å². The number of hydrogen-bond donors (Lipinski definition) is 0. The van der Waals surface area contributed by atoms with Crippen molar-refractivity contribution in [2.24, 2.45) is 0 Å². The predicted octanol–water partition coefficient (Wildman–Crippen LogP) is 5.33. The van der Waals surface area contributed by atoms with Gasteiger partial charge in [-0.05, 0) is 17.7 Å². The zero-order chi connectivity index (χ0) is 14.9. The molecule has 0 aliphatic carbocycles. The molecule has 0 N–H and O–H groups in total. The van der Waals surface area contributed by atoms with E-state index in [1.165, 1.54) is 5.56 Å². The van der Waals surface area contributed by atoms with Gasteiger partial charge in [0.1, 0.15) is 0 Å². The fourth-order valence-electron chi connectivity index (χ4n) is 1.06. The predicted molar refractivity (Wildman–Crippen MR) is 90.3 cm³/mol. The third kappa shape index (κ3) is 11.8. The van der Waals surface area contributed by atoms with Crippen LogP contribution in [-0.4, -0.2) is 4.98 Å². The summed E-state index contributed by atoms with van der Waals surface area (Å²) in [5, 5.41) is 0. The van der Waals surface area contributed by atoms with Gasteiger partial charge in [-0.1, -0.05) is 86.5 Å². The highest BCUT2D eigenvalue weighted by Gasteiger charge is 1.78. The summed E-state index contributed by atoms with van der Waals surface area (Å²) in [4.78, 5) is 3.78. The molecule has 1 heterocycles. The Kier molecular flexibility index (Phi) is 12.5. The lowest BCUT2D eigenvalue weighted by atomic mass is 10.2.